The summed E-state index contributed by atoms with van der Waals surface area (Å²) in [5.74, 6) is -0.401. The Hall–Kier alpha value is -1.69. The molecule has 1 aromatic carbocycles. The van der Waals surface area contributed by atoms with Crippen LogP contribution in [0.1, 0.15) is 15.9 Å². The first-order chi connectivity index (χ1) is 7.15. The van der Waals surface area contributed by atoms with E-state index in [-0.39, 0.29) is 22.6 Å². The fourth-order valence-corrected chi connectivity index (χ4v) is 1.73. The Morgan fingerprint density at radius 2 is 2.20 bits per heavy atom. The monoisotopic (exact) mass is 269 g/mol. The topological polar surface area (TPSA) is 69.4 Å². The molecule has 1 aliphatic rings. The molecule has 0 saturated carbocycles. The number of hydrogen-bond donors (Lipinski definition) is 0. The van der Waals surface area contributed by atoms with Crippen LogP contribution in [0.4, 0.5) is 5.69 Å². The molecule has 0 amide bonds. The van der Waals surface area contributed by atoms with Gasteiger partial charge in [0.2, 0.25) is 0 Å². The lowest BCUT2D eigenvalue weighted by Gasteiger charge is -1.97. The van der Waals surface area contributed by atoms with Crippen molar-refractivity contribution in [3.63, 3.8) is 0 Å². The Bertz CT molecular complexity index is 495. The molecule has 0 aromatic heterocycles. The first-order valence-corrected chi connectivity index (χ1v) is 4.87. The van der Waals surface area contributed by atoms with Crippen LogP contribution < -0.4 is 0 Å². The van der Waals surface area contributed by atoms with Gasteiger partial charge in [0, 0.05) is 11.1 Å². The molecule has 0 N–H and O–H groups in total. The standard InChI is InChI=1S/C9H4BrNO4/c10-4-7-8-5(9(12)15-7)2-1-3-6(8)11(13)14/h1-4H/b7-4-. The molecule has 0 fully saturated rings. The number of rotatable bonds is 1. The summed E-state index contributed by atoms with van der Waals surface area (Å²) in [4.78, 5) is 22.8. The number of carbonyl (C=O) groups excluding carboxylic acids is 1. The van der Waals surface area contributed by atoms with E-state index in [1.54, 1.807) is 0 Å². The summed E-state index contributed by atoms with van der Waals surface area (Å²) in [5, 5.41) is 10.7. The number of esters is 1. The zero-order chi connectivity index (χ0) is 11.0. The van der Waals surface area contributed by atoms with Gasteiger partial charge < -0.3 is 4.74 Å². The van der Waals surface area contributed by atoms with Crippen molar-refractivity contribution in [1.82, 2.24) is 0 Å². The maximum atomic E-state index is 11.3. The fourth-order valence-electron chi connectivity index (χ4n) is 1.40. The average Bonchev–Trinajstić information content (AvgIpc) is 2.55. The number of carbonyl (C=O) groups is 1. The van der Waals surface area contributed by atoms with Crippen LogP contribution in [-0.4, -0.2) is 10.9 Å². The lowest BCUT2D eigenvalue weighted by Crippen LogP contribution is -1.95. The maximum Gasteiger partial charge on any atom is 0.344 e. The molecule has 6 heteroatoms. The van der Waals surface area contributed by atoms with Gasteiger partial charge in [-0.05, 0) is 6.07 Å². The summed E-state index contributed by atoms with van der Waals surface area (Å²) in [6, 6.07) is 4.28. The van der Waals surface area contributed by atoms with Crippen LogP contribution in [0.3, 0.4) is 0 Å². The van der Waals surface area contributed by atoms with E-state index in [0.717, 1.165) is 0 Å². The Balaban J connectivity index is 2.75. The summed E-state index contributed by atoms with van der Waals surface area (Å²) in [6.45, 7) is 0. The molecule has 0 spiro atoms. The van der Waals surface area contributed by atoms with Crippen LogP contribution in [0, 0.1) is 10.1 Å². The predicted octanol–water partition coefficient (Wildman–Crippen LogP) is 2.46. The van der Waals surface area contributed by atoms with Crippen LogP contribution in [0.25, 0.3) is 5.76 Å². The minimum Gasteiger partial charge on any atom is -0.421 e. The van der Waals surface area contributed by atoms with Crippen molar-refractivity contribution in [3.8, 4) is 0 Å². The first kappa shape index (κ1) is 9.85. The highest BCUT2D eigenvalue weighted by atomic mass is 79.9. The number of cyclic esters (lactones) is 1. The second-order valence-electron chi connectivity index (χ2n) is 2.82. The maximum absolute atomic E-state index is 11.3. The molecule has 76 valence electrons. The number of hydrogen-bond acceptors (Lipinski definition) is 4. The van der Waals surface area contributed by atoms with Crippen molar-refractivity contribution >= 4 is 33.3 Å². The Morgan fingerprint density at radius 1 is 1.47 bits per heavy atom. The molecule has 0 unspecified atom stereocenters. The Kier molecular flexibility index (Phi) is 2.28. The van der Waals surface area contributed by atoms with Gasteiger partial charge in [-0.15, -0.1) is 0 Å². The van der Waals surface area contributed by atoms with E-state index in [2.05, 4.69) is 15.9 Å². The van der Waals surface area contributed by atoms with Gasteiger partial charge in [0.1, 0.15) is 5.56 Å². The number of ether oxygens (including phenoxy) is 1. The highest BCUT2D eigenvalue weighted by molar-refractivity contribution is 9.11. The van der Waals surface area contributed by atoms with Crippen molar-refractivity contribution in [3.05, 3.63) is 44.4 Å². The van der Waals surface area contributed by atoms with Crippen LogP contribution >= 0.6 is 15.9 Å². The number of nitro groups is 1. The van der Waals surface area contributed by atoms with Crippen molar-refractivity contribution in [2.24, 2.45) is 0 Å². The van der Waals surface area contributed by atoms with Gasteiger partial charge in [-0.3, -0.25) is 10.1 Å². The number of benzene rings is 1. The Morgan fingerprint density at radius 3 is 2.80 bits per heavy atom. The van der Waals surface area contributed by atoms with Crippen molar-refractivity contribution < 1.29 is 14.5 Å². The summed E-state index contributed by atoms with van der Waals surface area (Å²) in [6.07, 6.45) is 0. The lowest BCUT2D eigenvalue weighted by molar-refractivity contribution is -0.385. The SMILES string of the molecule is O=C1O/C(=C\Br)c2c1cccc2[N+](=O)[O-]. The van der Waals surface area contributed by atoms with Gasteiger partial charge in [0.25, 0.3) is 5.69 Å². The summed E-state index contributed by atoms with van der Waals surface area (Å²) >= 11 is 2.99. The molecule has 0 aliphatic carbocycles. The van der Waals surface area contributed by atoms with Gasteiger partial charge in [-0.2, -0.15) is 0 Å². The average molecular weight is 270 g/mol. The second-order valence-corrected chi connectivity index (χ2v) is 3.28. The quantitative estimate of drug-likeness (QED) is 0.446. The molecule has 0 atom stereocenters. The van der Waals surface area contributed by atoms with Crippen molar-refractivity contribution in [2.75, 3.05) is 0 Å². The van der Waals surface area contributed by atoms with E-state index in [1.165, 1.54) is 23.2 Å². The summed E-state index contributed by atoms with van der Waals surface area (Å²) in [7, 11) is 0. The smallest absolute Gasteiger partial charge is 0.344 e. The van der Waals surface area contributed by atoms with E-state index < -0.39 is 10.9 Å². The van der Waals surface area contributed by atoms with Gasteiger partial charge >= 0.3 is 5.97 Å². The van der Waals surface area contributed by atoms with Crippen molar-refractivity contribution in [2.45, 2.75) is 0 Å². The number of halogens is 1. The van der Waals surface area contributed by atoms with E-state index in [9.17, 15) is 14.9 Å². The van der Waals surface area contributed by atoms with Crippen LogP contribution in [-0.2, 0) is 4.74 Å². The predicted molar refractivity (Wildman–Crippen MR) is 55.4 cm³/mol. The van der Waals surface area contributed by atoms with Crippen LogP contribution in [0.15, 0.2) is 23.2 Å². The minimum atomic E-state index is -0.570. The zero-order valence-corrected chi connectivity index (χ0v) is 8.85. The summed E-state index contributed by atoms with van der Waals surface area (Å²) < 4.78 is 4.84. The van der Waals surface area contributed by atoms with E-state index in [4.69, 9.17) is 4.74 Å². The molecule has 1 aromatic rings. The van der Waals surface area contributed by atoms with Crippen LogP contribution in [0.2, 0.25) is 0 Å². The molecular formula is C9H4BrNO4. The highest BCUT2D eigenvalue weighted by Crippen LogP contribution is 2.36. The van der Waals surface area contributed by atoms with E-state index in [0.29, 0.717) is 0 Å². The molecular weight excluding hydrogens is 266 g/mol. The van der Waals surface area contributed by atoms with Gasteiger partial charge in [0.15, 0.2) is 5.76 Å². The molecule has 0 bridgehead atoms. The fraction of sp³-hybridized carbons (Fsp3) is 0. The molecule has 2 rings (SSSR count). The molecule has 1 aliphatic heterocycles. The highest BCUT2D eigenvalue weighted by Gasteiger charge is 2.33. The van der Waals surface area contributed by atoms with E-state index >= 15 is 0 Å². The third-order valence-electron chi connectivity index (χ3n) is 2.01. The van der Waals surface area contributed by atoms with Gasteiger partial charge in [-0.25, -0.2) is 4.79 Å². The van der Waals surface area contributed by atoms with Crippen molar-refractivity contribution in [1.29, 1.82) is 0 Å². The molecule has 0 saturated heterocycles. The third kappa shape index (κ3) is 1.42. The Labute approximate surface area is 92.6 Å². The van der Waals surface area contributed by atoms with Gasteiger partial charge in [-0.1, -0.05) is 22.0 Å². The summed E-state index contributed by atoms with van der Waals surface area (Å²) in [5.41, 5.74) is 0.309. The van der Waals surface area contributed by atoms with E-state index in [1.807, 2.05) is 0 Å². The molecule has 5 nitrogen and oxygen atoms in total. The largest absolute Gasteiger partial charge is 0.421 e. The third-order valence-corrected chi connectivity index (χ3v) is 2.42. The molecule has 1 heterocycles. The lowest BCUT2D eigenvalue weighted by atomic mass is 10.1. The molecule has 15 heavy (non-hydrogen) atoms. The normalized spacial score (nSPS) is 16.3. The number of nitro benzene ring substituents is 1. The van der Waals surface area contributed by atoms with Gasteiger partial charge in [0.05, 0.1) is 10.5 Å². The van der Waals surface area contributed by atoms with Crippen LogP contribution in [0.5, 0.6) is 0 Å². The minimum absolute atomic E-state index is 0.135. The number of nitrogens with zero attached hydrogens (tertiary/aromatic N) is 1. The second kappa shape index (κ2) is 3.47. The number of fused-ring (bicyclic) bond motifs is 1. The zero-order valence-electron chi connectivity index (χ0n) is 7.27. The first-order valence-electron chi connectivity index (χ1n) is 3.95. The molecule has 0 radical (unpaired) electrons.